The molecule has 68 valence electrons. The van der Waals surface area contributed by atoms with E-state index < -0.39 is 0 Å². The second-order valence-electron chi connectivity index (χ2n) is 3.48. The number of aryl methyl sites for hydroxylation is 1. The normalized spacial score (nSPS) is 11.2. The van der Waals surface area contributed by atoms with E-state index in [-0.39, 0.29) is 0 Å². The van der Waals surface area contributed by atoms with Crippen molar-refractivity contribution in [2.45, 2.75) is 0 Å². The van der Waals surface area contributed by atoms with E-state index in [0.717, 1.165) is 11.0 Å². The SMILES string of the molecule is C[n+]1ccc2c(c1)[nH]c1cnccc12. The number of H-pyrrole nitrogens is 1. The number of pyridine rings is 2. The fourth-order valence-electron chi connectivity index (χ4n) is 1.81. The Hall–Kier alpha value is -1.90. The Labute approximate surface area is 81.0 Å². The Morgan fingerprint density at radius 3 is 3.00 bits per heavy atom. The third-order valence-electron chi connectivity index (χ3n) is 2.48. The number of nitrogens with zero attached hydrogens (tertiary/aromatic N) is 2. The minimum atomic E-state index is 1.09. The van der Waals surface area contributed by atoms with Gasteiger partial charge in [-0.1, -0.05) is 0 Å². The third kappa shape index (κ3) is 0.923. The second-order valence-corrected chi connectivity index (χ2v) is 3.48. The highest BCUT2D eigenvalue weighted by molar-refractivity contribution is 6.06. The summed E-state index contributed by atoms with van der Waals surface area (Å²) >= 11 is 0. The first-order valence-electron chi connectivity index (χ1n) is 4.55. The predicted octanol–water partition coefficient (Wildman–Crippen LogP) is 1.54. The molecule has 0 unspecified atom stereocenters. The van der Waals surface area contributed by atoms with Crippen molar-refractivity contribution in [1.29, 1.82) is 0 Å². The van der Waals surface area contributed by atoms with Crippen molar-refractivity contribution < 1.29 is 4.57 Å². The molecule has 3 aromatic heterocycles. The van der Waals surface area contributed by atoms with Crippen LogP contribution < -0.4 is 4.57 Å². The van der Waals surface area contributed by atoms with Crippen LogP contribution in [0, 0.1) is 0 Å². The molecule has 3 heteroatoms. The zero-order valence-electron chi connectivity index (χ0n) is 7.86. The van der Waals surface area contributed by atoms with Gasteiger partial charge in [0.05, 0.1) is 11.7 Å². The average Bonchev–Trinajstić information content (AvgIpc) is 2.54. The van der Waals surface area contributed by atoms with Crippen LogP contribution in [0.15, 0.2) is 36.9 Å². The molecule has 0 saturated carbocycles. The minimum absolute atomic E-state index is 1.09. The van der Waals surface area contributed by atoms with E-state index in [1.54, 1.807) is 0 Å². The summed E-state index contributed by atoms with van der Waals surface area (Å²) in [7, 11) is 2.02. The van der Waals surface area contributed by atoms with Gasteiger partial charge in [-0.25, -0.2) is 4.57 Å². The molecule has 0 aliphatic rings. The van der Waals surface area contributed by atoms with Gasteiger partial charge < -0.3 is 4.98 Å². The summed E-state index contributed by atoms with van der Waals surface area (Å²) in [6, 6.07) is 4.16. The van der Waals surface area contributed by atoms with Crippen LogP contribution in [0.1, 0.15) is 0 Å². The summed E-state index contributed by atoms with van der Waals surface area (Å²) < 4.78 is 2.03. The number of nitrogens with one attached hydrogen (secondary N) is 1. The highest BCUT2D eigenvalue weighted by atomic mass is 14.9. The van der Waals surface area contributed by atoms with Crippen molar-refractivity contribution in [2.24, 2.45) is 7.05 Å². The zero-order valence-corrected chi connectivity index (χ0v) is 7.86. The maximum atomic E-state index is 4.09. The summed E-state index contributed by atoms with van der Waals surface area (Å²) in [6.45, 7) is 0. The molecule has 0 radical (unpaired) electrons. The maximum Gasteiger partial charge on any atom is 0.192 e. The molecule has 0 amide bonds. The van der Waals surface area contributed by atoms with Crippen LogP contribution in [0.5, 0.6) is 0 Å². The van der Waals surface area contributed by atoms with Gasteiger partial charge in [-0.05, 0) is 6.07 Å². The summed E-state index contributed by atoms with van der Waals surface area (Å²) in [5.41, 5.74) is 2.24. The third-order valence-corrected chi connectivity index (χ3v) is 2.48. The number of aromatic amines is 1. The Kier molecular flexibility index (Phi) is 1.36. The number of aromatic nitrogens is 3. The number of hydrogen-bond acceptors (Lipinski definition) is 1. The molecule has 0 atom stereocenters. The number of hydrogen-bond donors (Lipinski definition) is 1. The van der Waals surface area contributed by atoms with Gasteiger partial charge in [-0.2, -0.15) is 0 Å². The summed E-state index contributed by atoms with van der Waals surface area (Å²) in [5, 5.41) is 2.48. The lowest BCUT2D eigenvalue weighted by atomic mass is 10.2. The topological polar surface area (TPSA) is 32.6 Å². The lowest BCUT2D eigenvalue weighted by Crippen LogP contribution is -2.25. The summed E-state index contributed by atoms with van der Waals surface area (Å²) in [4.78, 5) is 7.43. The van der Waals surface area contributed by atoms with E-state index in [0.29, 0.717) is 0 Å². The molecular weight excluding hydrogens is 174 g/mol. The van der Waals surface area contributed by atoms with Crippen molar-refractivity contribution in [3.63, 3.8) is 0 Å². The van der Waals surface area contributed by atoms with Crippen LogP contribution in [0.3, 0.4) is 0 Å². The van der Waals surface area contributed by atoms with Crippen LogP contribution in [-0.4, -0.2) is 9.97 Å². The van der Waals surface area contributed by atoms with Crippen molar-refractivity contribution in [1.82, 2.24) is 9.97 Å². The lowest BCUT2D eigenvalue weighted by Gasteiger charge is -1.88. The van der Waals surface area contributed by atoms with E-state index in [9.17, 15) is 0 Å². The zero-order chi connectivity index (χ0) is 9.54. The van der Waals surface area contributed by atoms with Crippen LogP contribution in [0.2, 0.25) is 0 Å². The molecule has 0 aliphatic carbocycles. The molecule has 3 aromatic rings. The summed E-state index contributed by atoms with van der Waals surface area (Å²) in [6.07, 6.45) is 7.81. The van der Waals surface area contributed by atoms with Crippen LogP contribution in [0.4, 0.5) is 0 Å². The van der Waals surface area contributed by atoms with Gasteiger partial charge in [0.25, 0.3) is 0 Å². The largest absolute Gasteiger partial charge is 0.348 e. The van der Waals surface area contributed by atoms with E-state index in [1.165, 1.54) is 10.8 Å². The van der Waals surface area contributed by atoms with Crippen LogP contribution >= 0.6 is 0 Å². The van der Waals surface area contributed by atoms with Crippen molar-refractivity contribution in [3.05, 3.63) is 36.9 Å². The highest BCUT2D eigenvalue weighted by Crippen LogP contribution is 2.22. The van der Waals surface area contributed by atoms with Crippen LogP contribution in [0.25, 0.3) is 21.8 Å². The Morgan fingerprint density at radius 2 is 2.07 bits per heavy atom. The first-order valence-corrected chi connectivity index (χ1v) is 4.55. The maximum absolute atomic E-state index is 4.09. The molecule has 0 saturated heterocycles. The Morgan fingerprint density at radius 1 is 1.21 bits per heavy atom. The first-order chi connectivity index (χ1) is 6.84. The molecule has 3 heterocycles. The minimum Gasteiger partial charge on any atom is -0.348 e. The molecule has 0 spiro atoms. The predicted molar refractivity (Wildman–Crippen MR) is 54.8 cm³/mol. The molecule has 0 bridgehead atoms. The lowest BCUT2D eigenvalue weighted by molar-refractivity contribution is -0.670. The monoisotopic (exact) mass is 184 g/mol. The van der Waals surface area contributed by atoms with Gasteiger partial charge in [0.15, 0.2) is 12.4 Å². The van der Waals surface area contributed by atoms with Gasteiger partial charge >= 0.3 is 0 Å². The fraction of sp³-hybridized carbons (Fsp3) is 0.0909. The van der Waals surface area contributed by atoms with E-state index >= 15 is 0 Å². The molecule has 0 aromatic carbocycles. The first kappa shape index (κ1) is 7.50. The summed E-state index contributed by atoms with van der Waals surface area (Å²) in [5.74, 6) is 0. The van der Waals surface area contributed by atoms with Gasteiger partial charge in [0.2, 0.25) is 0 Å². The molecular formula is C11H10N3+. The van der Waals surface area contributed by atoms with Crippen molar-refractivity contribution >= 4 is 21.8 Å². The van der Waals surface area contributed by atoms with E-state index in [2.05, 4.69) is 28.4 Å². The van der Waals surface area contributed by atoms with E-state index in [4.69, 9.17) is 0 Å². The van der Waals surface area contributed by atoms with Crippen molar-refractivity contribution in [3.8, 4) is 0 Å². The highest BCUT2D eigenvalue weighted by Gasteiger charge is 2.05. The standard InChI is InChI=1S/C11H9N3/c1-14-5-3-9-8-2-4-12-6-10(8)13-11(9)7-14/h2-7H,1H3/p+1. The average molecular weight is 184 g/mol. The quantitative estimate of drug-likeness (QED) is 0.528. The van der Waals surface area contributed by atoms with E-state index in [1.807, 2.05) is 30.1 Å². The molecule has 1 N–H and O–H groups in total. The molecule has 14 heavy (non-hydrogen) atoms. The number of fused-ring (bicyclic) bond motifs is 3. The molecule has 0 fully saturated rings. The smallest absolute Gasteiger partial charge is 0.192 e. The van der Waals surface area contributed by atoms with Gasteiger partial charge in [-0.3, -0.25) is 4.98 Å². The molecule has 3 nitrogen and oxygen atoms in total. The Balaban J connectivity index is 2.57. The van der Waals surface area contributed by atoms with Gasteiger partial charge in [0.1, 0.15) is 12.6 Å². The van der Waals surface area contributed by atoms with Gasteiger partial charge in [-0.15, -0.1) is 0 Å². The number of rotatable bonds is 0. The Bertz CT molecular complexity index is 610. The van der Waals surface area contributed by atoms with Gasteiger partial charge in [0, 0.05) is 23.0 Å². The second kappa shape index (κ2) is 2.54. The molecule has 0 aliphatic heterocycles. The van der Waals surface area contributed by atoms with Crippen molar-refractivity contribution in [2.75, 3.05) is 0 Å². The fourth-order valence-corrected chi connectivity index (χ4v) is 1.81. The van der Waals surface area contributed by atoms with Crippen LogP contribution in [-0.2, 0) is 7.05 Å². The molecule has 3 rings (SSSR count).